The number of benzene rings is 1. The lowest BCUT2D eigenvalue weighted by Gasteiger charge is -2.19. The van der Waals surface area contributed by atoms with Crippen LogP contribution in [-0.2, 0) is 15.4 Å². The number of hydrogen-bond acceptors (Lipinski definition) is 6. The Bertz CT molecular complexity index is 1230. The van der Waals surface area contributed by atoms with E-state index >= 15 is 0 Å². The molecule has 0 atom stereocenters. The molecule has 0 unspecified atom stereocenters. The molecule has 0 bridgehead atoms. The molecular formula is C21H24ClN5O4S2. The van der Waals surface area contributed by atoms with E-state index in [0.29, 0.717) is 16.3 Å². The molecule has 1 aliphatic heterocycles. The number of anilines is 2. The summed E-state index contributed by atoms with van der Waals surface area (Å²) in [7, 11) is -3.41. The Morgan fingerprint density at radius 3 is 2.58 bits per heavy atom. The van der Waals surface area contributed by atoms with Crippen LogP contribution in [-0.4, -0.2) is 50.6 Å². The van der Waals surface area contributed by atoms with Crippen LogP contribution in [0.25, 0.3) is 0 Å². The van der Waals surface area contributed by atoms with E-state index in [1.54, 1.807) is 12.1 Å². The molecule has 1 fully saturated rings. The van der Waals surface area contributed by atoms with Gasteiger partial charge in [0, 0.05) is 30.2 Å². The van der Waals surface area contributed by atoms with Crippen molar-refractivity contribution in [1.29, 1.82) is 5.26 Å². The molecule has 1 aliphatic rings. The Kier molecular flexibility index (Phi) is 7.33. The lowest BCUT2D eigenvalue weighted by molar-refractivity contribution is 0.0773. The minimum Gasteiger partial charge on any atom is -0.336 e. The predicted molar refractivity (Wildman–Crippen MR) is 130 cm³/mol. The first-order valence-corrected chi connectivity index (χ1v) is 12.9. The fourth-order valence-corrected chi connectivity index (χ4v) is 5.42. The summed E-state index contributed by atoms with van der Waals surface area (Å²) >= 11 is 7.31. The van der Waals surface area contributed by atoms with Crippen molar-refractivity contribution >= 4 is 55.6 Å². The molecule has 2 aromatic rings. The van der Waals surface area contributed by atoms with Crippen molar-refractivity contribution in [1.82, 2.24) is 9.62 Å². The molecule has 9 nitrogen and oxygen atoms in total. The lowest BCUT2D eigenvalue weighted by atomic mass is 9.94. The number of rotatable bonds is 3. The molecule has 176 valence electrons. The summed E-state index contributed by atoms with van der Waals surface area (Å²) in [5.41, 5.74) is 0.719. The van der Waals surface area contributed by atoms with Gasteiger partial charge in [0.25, 0.3) is 5.91 Å². The number of halogens is 1. The molecule has 33 heavy (non-hydrogen) atoms. The summed E-state index contributed by atoms with van der Waals surface area (Å²) in [5.74, 6) is -0.532. The van der Waals surface area contributed by atoms with E-state index in [1.807, 2.05) is 26.8 Å². The van der Waals surface area contributed by atoms with Gasteiger partial charge in [-0.1, -0.05) is 32.4 Å². The topological polar surface area (TPSA) is 131 Å². The van der Waals surface area contributed by atoms with Crippen LogP contribution >= 0.6 is 22.9 Å². The molecule has 0 saturated carbocycles. The molecule has 1 aromatic carbocycles. The van der Waals surface area contributed by atoms with Gasteiger partial charge in [0.05, 0.1) is 21.9 Å². The highest BCUT2D eigenvalue weighted by atomic mass is 35.5. The van der Waals surface area contributed by atoms with Gasteiger partial charge >= 0.3 is 6.03 Å². The zero-order chi connectivity index (χ0) is 24.4. The smallest absolute Gasteiger partial charge is 0.324 e. The first-order valence-electron chi connectivity index (χ1n) is 10.1. The predicted octanol–water partition coefficient (Wildman–Crippen LogP) is 3.59. The summed E-state index contributed by atoms with van der Waals surface area (Å²) < 4.78 is 26.1. The van der Waals surface area contributed by atoms with Crippen LogP contribution in [0.2, 0.25) is 5.02 Å². The van der Waals surface area contributed by atoms with Gasteiger partial charge in [0.1, 0.15) is 11.1 Å². The summed E-state index contributed by atoms with van der Waals surface area (Å²) in [4.78, 5) is 28.3. The second kappa shape index (κ2) is 9.69. The lowest BCUT2D eigenvalue weighted by Crippen LogP contribution is -2.35. The van der Waals surface area contributed by atoms with Gasteiger partial charge in [-0.25, -0.2) is 17.9 Å². The van der Waals surface area contributed by atoms with Crippen molar-refractivity contribution in [2.75, 3.05) is 36.0 Å². The molecule has 0 aliphatic carbocycles. The number of nitrogens with one attached hydrogen (secondary N) is 3. The van der Waals surface area contributed by atoms with Crippen molar-refractivity contribution in [3.63, 3.8) is 0 Å². The number of carbonyl (C=O) groups is 2. The van der Waals surface area contributed by atoms with Crippen LogP contribution in [0.4, 0.5) is 15.5 Å². The Labute approximate surface area is 201 Å². The van der Waals surface area contributed by atoms with Crippen molar-refractivity contribution in [3.05, 3.63) is 45.3 Å². The zero-order valence-corrected chi connectivity index (χ0v) is 20.7. The van der Waals surface area contributed by atoms with Gasteiger partial charge < -0.3 is 10.2 Å². The average Bonchev–Trinajstić information content (AvgIpc) is 3.05. The van der Waals surface area contributed by atoms with Crippen LogP contribution in [0.3, 0.4) is 0 Å². The average molecular weight is 510 g/mol. The number of carbonyl (C=O) groups excluding carboxylic acids is 2. The number of thiophene rings is 1. The molecule has 1 aromatic heterocycles. The fraction of sp³-hybridized carbons (Fsp3) is 0.381. The van der Waals surface area contributed by atoms with E-state index in [0.717, 1.165) is 4.88 Å². The highest BCUT2D eigenvalue weighted by Crippen LogP contribution is 2.37. The third kappa shape index (κ3) is 6.23. The molecule has 1 saturated heterocycles. The number of hydrogen-bond donors (Lipinski definition) is 3. The number of sulfonamides is 1. The molecule has 0 radical (unpaired) electrons. The van der Waals surface area contributed by atoms with Gasteiger partial charge in [-0.05, 0) is 29.7 Å². The highest BCUT2D eigenvalue weighted by molar-refractivity contribution is 7.89. The van der Waals surface area contributed by atoms with Crippen LogP contribution in [0.5, 0.6) is 0 Å². The van der Waals surface area contributed by atoms with Gasteiger partial charge in [-0.2, -0.15) is 5.26 Å². The second-order valence-electron chi connectivity index (χ2n) is 8.49. The molecule has 2 heterocycles. The maximum Gasteiger partial charge on any atom is 0.324 e. The van der Waals surface area contributed by atoms with Crippen LogP contribution in [0.15, 0.2) is 24.3 Å². The number of nitrogens with zero attached hydrogens (tertiary/aromatic N) is 2. The monoisotopic (exact) mass is 509 g/mol. The van der Waals surface area contributed by atoms with Gasteiger partial charge in [0.15, 0.2) is 0 Å². The summed E-state index contributed by atoms with van der Waals surface area (Å²) in [6.45, 7) is 6.42. The maximum absolute atomic E-state index is 13.3. The van der Waals surface area contributed by atoms with Crippen molar-refractivity contribution in [3.8, 4) is 6.07 Å². The molecule has 3 amide bonds. The van der Waals surface area contributed by atoms with Crippen LogP contribution in [0, 0.1) is 11.3 Å². The Hall–Kier alpha value is -2.65. The zero-order valence-electron chi connectivity index (χ0n) is 18.4. The van der Waals surface area contributed by atoms with E-state index < -0.39 is 16.1 Å². The van der Waals surface area contributed by atoms with E-state index in [4.69, 9.17) is 16.9 Å². The molecule has 3 N–H and O–H groups in total. The third-order valence-electron chi connectivity index (χ3n) is 4.90. The van der Waals surface area contributed by atoms with Gasteiger partial charge in [-0.15, -0.1) is 11.3 Å². The summed E-state index contributed by atoms with van der Waals surface area (Å²) in [5, 5.41) is 14.9. The standard InChI is InChI=1S/C21H24ClN5O4S2/c1-21(2,3)17-11-15(19(28)27-7-6-24-33(30,31)9-8-27)18(32-17)26-20(29)25-14-5-4-13(12-23)16(22)10-14/h4-5,10-11,24H,6-9H2,1-3H3,(H2,25,26,29). The van der Waals surface area contributed by atoms with Gasteiger partial charge in [0.2, 0.25) is 10.0 Å². The van der Waals surface area contributed by atoms with E-state index in [1.165, 1.54) is 28.4 Å². The normalized spacial score (nSPS) is 15.9. The SMILES string of the molecule is CC(C)(C)c1cc(C(=O)N2CCNS(=O)(=O)CC2)c(NC(=O)Nc2ccc(C#N)c(Cl)c2)s1. The van der Waals surface area contributed by atoms with E-state index in [2.05, 4.69) is 15.4 Å². The first-order chi connectivity index (χ1) is 15.4. The van der Waals surface area contributed by atoms with E-state index in [9.17, 15) is 18.0 Å². The molecular weight excluding hydrogens is 486 g/mol. The summed E-state index contributed by atoms with van der Waals surface area (Å²) in [6.07, 6.45) is 0. The fourth-order valence-electron chi connectivity index (χ4n) is 3.09. The minimum atomic E-state index is -3.41. The van der Waals surface area contributed by atoms with Crippen LogP contribution in [0.1, 0.15) is 41.6 Å². The minimum absolute atomic E-state index is 0.0598. The highest BCUT2D eigenvalue weighted by Gasteiger charge is 2.29. The van der Waals surface area contributed by atoms with Crippen molar-refractivity contribution in [2.45, 2.75) is 26.2 Å². The maximum atomic E-state index is 13.3. The number of urea groups is 1. The van der Waals surface area contributed by atoms with E-state index in [-0.39, 0.29) is 47.3 Å². The summed E-state index contributed by atoms with van der Waals surface area (Å²) in [6, 6.07) is 7.63. The molecule has 3 rings (SSSR count). The van der Waals surface area contributed by atoms with Crippen molar-refractivity contribution < 1.29 is 18.0 Å². The molecule has 12 heteroatoms. The quantitative estimate of drug-likeness (QED) is 0.581. The number of amides is 3. The number of nitriles is 1. The molecule has 0 spiro atoms. The first kappa shape index (κ1) is 25.0. The third-order valence-corrected chi connectivity index (χ3v) is 8.05. The second-order valence-corrected chi connectivity index (χ2v) is 11.9. The van der Waals surface area contributed by atoms with Gasteiger partial charge in [-0.3, -0.25) is 10.1 Å². The largest absolute Gasteiger partial charge is 0.336 e. The Balaban J connectivity index is 1.84. The Morgan fingerprint density at radius 1 is 1.21 bits per heavy atom. The van der Waals surface area contributed by atoms with Crippen LogP contribution < -0.4 is 15.4 Å². The Morgan fingerprint density at radius 2 is 1.94 bits per heavy atom. The van der Waals surface area contributed by atoms with Crippen molar-refractivity contribution in [2.24, 2.45) is 0 Å².